The van der Waals surface area contributed by atoms with Crippen molar-refractivity contribution in [3.8, 4) is 0 Å². The van der Waals surface area contributed by atoms with E-state index >= 15 is 0 Å². The molecule has 0 spiro atoms. The quantitative estimate of drug-likeness (QED) is 0.538. The fourth-order valence-corrected chi connectivity index (χ4v) is 3.92. The number of imide groups is 1. The van der Waals surface area contributed by atoms with Crippen molar-refractivity contribution in [2.24, 2.45) is 0 Å². The highest BCUT2D eigenvalue weighted by Gasteiger charge is 2.60. The van der Waals surface area contributed by atoms with E-state index in [2.05, 4.69) is 5.32 Å². The van der Waals surface area contributed by atoms with Gasteiger partial charge >= 0.3 is 6.09 Å². The molecule has 0 aliphatic carbocycles. The van der Waals surface area contributed by atoms with E-state index < -0.39 is 29.6 Å². The molecule has 32 heavy (non-hydrogen) atoms. The summed E-state index contributed by atoms with van der Waals surface area (Å²) in [5.74, 6) is -1.47. The van der Waals surface area contributed by atoms with Crippen LogP contribution in [0.5, 0.6) is 0 Å². The summed E-state index contributed by atoms with van der Waals surface area (Å²) in [5, 5.41) is 2.98. The number of halogens is 1. The Morgan fingerprint density at radius 3 is 2.22 bits per heavy atom. The maximum absolute atomic E-state index is 13.7. The third kappa shape index (κ3) is 3.97. The van der Waals surface area contributed by atoms with Crippen LogP contribution in [0.3, 0.4) is 0 Å². The molecule has 0 unspecified atom stereocenters. The number of carbonyl (C=O) groups excluding carboxylic acids is 3. The number of anilines is 1. The Kier molecular flexibility index (Phi) is 5.97. The Labute approximate surface area is 190 Å². The topological polar surface area (TPSA) is 75.7 Å². The van der Waals surface area contributed by atoms with Crippen LogP contribution in [0, 0.1) is 0 Å². The number of ether oxygens (including phenoxy) is 1. The number of nitrogens with zero attached hydrogens (tertiary/aromatic N) is 1. The van der Waals surface area contributed by atoms with Crippen LogP contribution in [0.1, 0.15) is 24.1 Å². The molecule has 3 aromatic carbocycles. The van der Waals surface area contributed by atoms with Crippen molar-refractivity contribution in [2.75, 3.05) is 5.32 Å². The zero-order valence-electron chi connectivity index (χ0n) is 17.3. The largest absolute Gasteiger partial charge is 0.422 e. The molecule has 1 aliphatic rings. The highest BCUT2D eigenvalue weighted by atomic mass is 35.5. The second-order valence-corrected chi connectivity index (χ2v) is 7.96. The molecule has 0 bridgehead atoms. The van der Waals surface area contributed by atoms with Gasteiger partial charge in [0.1, 0.15) is 0 Å². The molecule has 162 valence electrons. The van der Waals surface area contributed by atoms with Crippen LogP contribution in [0.4, 0.5) is 10.5 Å². The lowest BCUT2D eigenvalue weighted by molar-refractivity contribution is -0.147. The van der Waals surface area contributed by atoms with Gasteiger partial charge in [0.25, 0.3) is 17.4 Å². The van der Waals surface area contributed by atoms with Crippen LogP contribution in [0.25, 0.3) is 0 Å². The number of hydrogen-bond donors (Lipinski definition) is 1. The summed E-state index contributed by atoms with van der Waals surface area (Å²) in [5.41, 5.74) is -0.303. The fourth-order valence-electron chi connectivity index (χ4n) is 3.74. The highest BCUT2D eigenvalue weighted by molar-refractivity contribution is 6.34. The summed E-state index contributed by atoms with van der Waals surface area (Å²) in [6.45, 7) is 1.72. The van der Waals surface area contributed by atoms with Crippen molar-refractivity contribution in [3.05, 3.63) is 101 Å². The van der Waals surface area contributed by atoms with Gasteiger partial charge in [-0.2, -0.15) is 0 Å². The van der Waals surface area contributed by atoms with Crippen molar-refractivity contribution in [2.45, 2.75) is 25.0 Å². The lowest BCUT2D eigenvalue weighted by Crippen LogP contribution is -2.52. The van der Waals surface area contributed by atoms with Crippen LogP contribution in [-0.4, -0.2) is 28.4 Å². The van der Waals surface area contributed by atoms with Gasteiger partial charge in [0.05, 0.1) is 16.8 Å². The molecule has 3 amide bonds. The van der Waals surface area contributed by atoms with E-state index in [0.717, 1.165) is 10.5 Å². The Morgan fingerprint density at radius 1 is 0.969 bits per heavy atom. The lowest BCUT2D eigenvalue weighted by atomic mass is 9.91. The first-order valence-electron chi connectivity index (χ1n) is 10.1. The van der Waals surface area contributed by atoms with Crippen LogP contribution >= 0.6 is 11.6 Å². The molecule has 1 N–H and O–H groups in total. The summed E-state index contributed by atoms with van der Waals surface area (Å²) in [6, 6.07) is 24.1. The molecule has 1 heterocycles. The second kappa shape index (κ2) is 8.85. The number of cyclic esters (lactones) is 1. The lowest BCUT2D eigenvalue weighted by Gasteiger charge is -2.26. The molecule has 1 aliphatic heterocycles. The van der Waals surface area contributed by atoms with E-state index in [-0.39, 0.29) is 6.42 Å². The molecule has 0 saturated carbocycles. The van der Waals surface area contributed by atoms with Crippen molar-refractivity contribution in [3.63, 3.8) is 0 Å². The minimum absolute atomic E-state index is 0.104. The molecule has 3 aromatic rings. The van der Waals surface area contributed by atoms with Crippen molar-refractivity contribution in [1.82, 2.24) is 4.90 Å². The summed E-state index contributed by atoms with van der Waals surface area (Å²) in [4.78, 5) is 41.0. The first kappa shape index (κ1) is 21.6. The fraction of sp³-hybridized carbons (Fsp3) is 0.160. The van der Waals surface area contributed by atoms with Gasteiger partial charge in [-0.1, -0.05) is 84.4 Å². The van der Waals surface area contributed by atoms with Crippen molar-refractivity contribution in [1.29, 1.82) is 0 Å². The molecule has 1 saturated heterocycles. The molecule has 2 atom stereocenters. The molecule has 1 fully saturated rings. The van der Waals surface area contributed by atoms with Crippen LogP contribution in [-0.2, 0) is 20.7 Å². The Hall–Kier alpha value is -3.64. The van der Waals surface area contributed by atoms with E-state index in [0.29, 0.717) is 16.3 Å². The van der Waals surface area contributed by atoms with Gasteiger partial charge in [0, 0.05) is 6.42 Å². The summed E-state index contributed by atoms with van der Waals surface area (Å²) >= 11 is 6.19. The van der Waals surface area contributed by atoms with Crippen LogP contribution in [0.15, 0.2) is 84.9 Å². The van der Waals surface area contributed by atoms with Gasteiger partial charge in [-0.3, -0.25) is 9.59 Å². The maximum Gasteiger partial charge on any atom is 0.418 e. The molecule has 0 aromatic heterocycles. The number of para-hydroxylation sites is 1. The van der Waals surface area contributed by atoms with Gasteiger partial charge in [-0.25, -0.2) is 9.69 Å². The second-order valence-electron chi connectivity index (χ2n) is 7.55. The smallest absolute Gasteiger partial charge is 0.418 e. The number of benzene rings is 3. The monoisotopic (exact) mass is 448 g/mol. The first-order valence-corrected chi connectivity index (χ1v) is 10.5. The van der Waals surface area contributed by atoms with Crippen molar-refractivity contribution >= 4 is 35.2 Å². The number of carbonyl (C=O) groups is 3. The molecule has 0 radical (unpaired) electrons. The van der Waals surface area contributed by atoms with E-state index in [1.807, 2.05) is 36.4 Å². The van der Waals surface area contributed by atoms with E-state index in [4.69, 9.17) is 16.3 Å². The maximum atomic E-state index is 13.7. The standard InChI is InChI=1S/C25H21ClN2O4/c1-17(19-12-6-3-7-13-19)28-23(30)25(32-24(28)31,16-18-10-4-2-5-11-18)22(29)27-21-15-9-8-14-20(21)26/h2-15,17H,16H2,1H3,(H,27,29)/t17-,25-/m1/s1. The van der Waals surface area contributed by atoms with Crippen LogP contribution in [0.2, 0.25) is 5.02 Å². The molecule has 4 rings (SSSR count). The average Bonchev–Trinajstić information content (AvgIpc) is 3.06. The number of rotatable bonds is 6. The Morgan fingerprint density at radius 2 is 1.56 bits per heavy atom. The first-order chi connectivity index (χ1) is 15.4. The molecular formula is C25H21ClN2O4. The SMILES string of the molecule is C[C@H](c1ccccc1)N1C(=O)O[C@](Cc2ccccc2)(C(=O)Nc2ccccc2Cl)C1=O. The predicted octanol–water partition coefficient (Wildman–Crippen LogP) is 5.00. The van der Waals surface area contributed by atoms with E-state index in [1.165, 1.54) is 0 Å². The number of hydrogen-bond acceptors (Lipinski definition) is 4. The number of amides is 3. The normalized spacial score (nSPS) is 18.9. The molecule has 6 nitrogen and oxygen atoms in total. The molecule has 7 heteroatoms. The third-order valence-corrected chi connectivity index (χ3v) is 5.81. The van der Waals surface area contributed by atoms with Gasteiger partial charge < -0.3 is 10.1 Å². The number of nitrogens with one attached hydrogen (secondary N) is 1. The Balaban J connectivity index is 1.72. The summed E-state index contributed by atoms with van der Waals surface area (Å²) in [7, 11) is 0. The highest BCUT2D eigenvalue weighted by Crippen LogP contribution is 2.36. The predicted molar refractivity (Wildman–Crippen MR) is 121 cm³/mol. The minimum atomic E-state index is -2.05. The summed E-state index contributed by atoms with van der Waals surface area (Å²) < 4.78 is 5.58. The van der Waals surface area contributed by atoms with Crippen molar-refractivity contribution < 1.29 is 19.1 Å². The summed E-state index contributed by atoms with van der Waals surface area (Å²) in [6.07, 6.45) is -0.969. The van der Waals surface area contributed by atoms with Gasteiger partial charge in [0.2, 0.25) is 0 Å². The van der Waals surface area contributed by atoms with Gasteiger partial charge in [-0.15, -0.1) is 0 Å². The van der Waals surface area contributed by atoms with Gasteiger partial charge in [-0.05, 0) is 30.2 Å². The molecular weight excluding hydrogens is 428 g/mol. The van der Waals surface area contributed by atoms with Gasteiger partial charge in [0.15, 0.2) is 0 Å². The average molecular weight is 449 g/mol. The van der Waals surface area contributed by atoms with Crippen LogP contribution < -0.4 is 5.32 Å². The minimum Gasteiger partial charge on any atom is -0.422 e. The third-order valence-electron chi connectivity index (χ3n) is 5.48. The van der Waals surface area contributed by atoms with E-state index in [1.54, 1.807) is 55.5 Å². The van der Waals surface area contributed by atoms with E-state index in [9.17, 15) is 14.4 Å². The zero-order valence-corrected chi connectivity index (χ0v) is 18.1. The Bertz CT molecular complexity index is 1150. The zero-order chi connectivity index (χ0) is 22.7.